The van der Waals surface area contributed by atoms with E-state index < -0.39 is 9.84 Å². The molecule has 1 aliphatic rings. The second-order valence-corrected chi connectivity index (χ2v) is 7.88. The first kappa shape index (κ1) is 15.0. The molecule has 1 aliphatic carbocycles. The molecule has 1 saturated carbocycles. The molecular weight excluding hydrogens is 234 g/mol. The fourth-order valence-electron chi connectivity index (χ4n) is 2.72. The highest BCUT2D eigenvalue weighted by Gasteiger charge is 2.20. The maximum atomic E-state index is 11.1. The summed E-state index contributed by atoms with van der Waals surface area (Å²) in [5.41, 5.74) is 0. The highest BCUT2D eigenvalue weighted by molar-refractivity contribution is 7.90. The van der Waals surface area contributed by atoms with Gasteiger partial charge in [-0.3, -0.25) is 0 Å². The lowest BCUT2D eigenvalue weighted by Gasteiger charge is -2.28. The molecule has 17 heavy (non-hydrogen) atoms. The summed E-state index contributed by atoms with van der Waals surface area (Å²) < 4.78 is 22.3. The van der Waals surface area contributed by atoms with Crippen LogP contribution in [0.15, 0.2) is 0 Å². The molecular formula is C13H27NO2S. The number of rotatable bonds is 6. The zero-order chi connectivity index (χ0) is 12.9. The van der Waals surface area contributed by atoms with E-state index in [2.05, 4.69) is 12.2 Å². The molecule has 1 atom stereocenters. The number of sulfone groups is 1. The summed E-state index contributed by atoms with van der Waals surface area (Å²) in [5, 5.41) is 3.36. The molecule has 0 amide bonds. The molecule has 0 aromatic rings. The third-order valence-electron chi connectivity index (χ3n) is 3.85. The SMILES string of the molecule is CCC1CCC(CNC(C)CS(C)(=O)=O)CC1. The summed E-state index contributed by atoms with van der Waals surface area (Å²) in [4.78, 5) is 0. The van der Waals surface area contributed by atoms with Gasteiger partial charge < -0.3 is 5.32 Å². The van der Waals surface area contributed by atoms with Crippen LogP contribution in [0.2, 0.25) is 0 Å². The monoisotopic (exact) mass is 261 g/mol. The van der Waals surface area contributed by atoms with Crippen molar-refractivity contribution in [3.05, 3.63) is 0 Å². The van der Waals surface area contributed by atoms with Gasteiger partial charge in [0.25, 0.3) is 0 Å². The van der Waals surface area contributed by atoms with E-state index in [1.165, 1.54) is 38.4 Å². The maximum Gasteiger partial charge on any atom is 0.148 e. The van der Waals surface area contributed by atoms with Crippen LogP contribution in [-0.4, -0.2) is 33.0 Å². The van der Waals surface area contributed by atoms with E-state index >= 15 is 0 Å². The van der Waals surface area contributed by atoms with Crippen molar-refractivity contribution in [3.63, 3.8) is 0 Å². The predicted octanol–water partition coefficient (Wildman–Crippen LogP) is 2.23. The first-order valence-electron chi connectivity index (χ1n) is 6.81. The van der Waals surface area contributed by atoms with Crippen LogP contribution in [0, 0.1) is 11.8 Å². The first-order chi connectivity index (χ1) is 7.90. The van der Waals surface area contributed by atoms with E-state index in [-0.39, 0.29) is 11.8 Å². The summed E-state index contributed by atoms with van der Waals surface area (Å²) in [6.07, 6.45) is 7.92. The van der Waals surface area contributed by atoms with Gasteiger partial charge in [-0.25, -0.2) is 8.42 Å². The van der Waals surface area contributed by atoms with Gasteiger partial charge in [0.1, 0.15) is 9.84 Å². The Kier molecular flexibility index (Phi) is 5.93. The van der Waals surface area contributed by atoms with Crippen molar-refractivity contribution < 1.29 is 8.42 Å². The smallest absolute Gasteiger partial charge is 0.148 e. The minimum absolute atomic E-state index is 0.0777. The van der Waals surface area contributed by atoms with Gasteiger partial charge in [0.2, 0.25) is 0 Å². The van der Waals surface area contributed by atoms with E-state index in [9.17, 15) is 8.42 Å². The summed E-state index contributed by atoms with van der Waals surface area (Å²) in [5.74, 6) is 1.93. The number of nitrogens with one attached hydrogen (secondary N) is 1. The minimum Gasteiger partial charge on any atom is -0.313 e. The molecule has 0 radical (unpaired) electrons. The molecule has 1 unspecified atom stereocenters. The Morgan fingerprint density at radius 1 is 1.18 bits per heavy atom. The normalized spacial score (nSPS) is 27.9. The molecule has 102 valence electrons. The highest BCUT2D eigenvalue weighted by Crippen LogP contribution is 2.30. The van der Waals surface area contributed by atoms with E-state index in [0.717, 1.165) is 18.4 Å². The Labute approximate surface area is 106 Å². The average molecular weight is 261 g/mol. The van der Waals surface area contributed by atoms with Crippen LogP contribution in [-0.2, 0) is 9.84 Å². The summed E-state index contributed by atoms with van der Waals surface area (Å²) in [6, 6.07) is 0.0777. The standard InChI is InChI=1S/C13H27NO2S/c1-4-12-5-7-13(8-6-12)9-14-11(2)10-17(3,15)16/h11-14H,4-10H2,1-3H3. The van der Waals surface area contributed by atoms with Crippen molar-refractivity contribution in [1.82, 2.24) is 5.32 Å². The zero-order valence-electron chi connectivity index (χ0n) is 11.4. The quantitative estimate of drug-likeness (QED) is 0.797. The Morgan fingerprint density at radius 3 is 2.18 bits per heavy atom. The Balaban J connectivity index is 2.19. The van der Waals surface area contributed by atoms with Crippen LogP contribution in [0.4, 0.5) is 0 Å². The summed E-state index contributed by atoms with van der Waals surface area (Å²) in [6.45, 7) is 5.21. The van der Waals surface area contributed by atoms with Gasteiger partial charge in [-0.05, 0) is 38.1 Å². The van der Waals surface area contributed by atoms with E-state index in [1.807, 2.05) is 6.92 Å². The maximum absolute atomic E-state index is 11.1. The van der Waals surface area contributed by atoms with Crippen molar-refractivity contribution >= 4 is 9.84 Å². The van der Waals surface area contributed by atoms with Crippen LogP contribution in [0.3, 0.4) is 0 Å². The molecule has 0 aromatic carbocycles. The zero-order valence-corrected chi connectivity index (χ0v) is 12.2. The number of hydrogen-bond donors (Lipinski definition) is 1. The third-order valence-corrected chi connectivity index (χ3v) is 4.96. The molecule has 1 N–H and O–H groups in total. The van der Waals surface area contributed by atoms with Gasteiger partial charge in [-0.15, -0.1) is 0 Å². The molecule has 1 rings (SSSR count). The molecule has 3 nitrogen and oxygen atoms in total. The second-order valence-electron chi connectivity index (χ2n) is 5.70. The second kappa shape index (κ2) is 6.74. The van der Waals surface area contributed by atoms with Crippen LogP contribution >= 0.6 is 0 Å². The van der Waals surface area contributed by atoms with Crippen LogP contribution in [0.1, 0.15) is 46.0 Å². The molecule has 0 saturated heterocycles. The minimum atomic E-state index is -2.85. The average Bonchev–Trinajstić information content (AvgIpc) is 2.25. The van der Waals surface area contributed by atoms with Crippen LogP contribution in [0.25, 0.3) is 0 Å². The molecule has 0 aliphatic heterocycles. The molecule has 0 bridgehead atoms. The molecule has 0 heterocycles. The molecule has 0 spiro atoms. The van der Waals surface area contributed by atoms with Gasteiger partial charge in [-0.1, -0.05) is 26.2 Å². The van der Waals surface area contributed by atoms with Gasteiger partial charge >= 0.3 is 0 Å². The lowest BCUT2D eigenvalue weighted by molar-refractivity contribution is 0.259. The molecule has 0 aromatic heterocycles. The number of hydrogen-bond acceptors (Lipinski definition) is 3. The van der Waals surface area contributed by atoms with Crippen LogP contribution < -0.4 is 5.32 Å². The van der Waals surface area contributed by atoms with E-state index in [4.69, 9.17) is 0 Å². The lowest BCUT2D eigenvalue weighted by Crippen LogP contribution is -2.37. The van der Waals surface area contributed by atoms with Gasteiger partial charge in [0.15, 0.2) is 0 Å². The van der Waals surface area contributed by atoms with Gasteiger partial charge in [0.05, 0.1) is 5.75 Å². The third kappa shape index (κ3) is 6.41. The molecule has 1 fully saturated rings. The summed E-state index contributed by atoms with van der Waals surface area (Å²) in [7, 11) is -2.85. The topological polar surface area (TPSA) is 46.2 Å². The van der Waals surface area contributed by atoms with Crippen molar-refractivity contribution in [1.29, 1.82) is 0 Å². The highest BCUT2D eigenvalue weighted by atomic mass is 32.2. The Morgan fingerprint density at radius 2 is 1.71 bits per heavy atom. The van der Waals surface area contributed by atoms with E-state index in [0.29, 0.717) is 0 Å². The van der Waals surface area contributed by atoms with Gasteiger partial charge in [0, 0.05) is 12.3 Å². The lowest BCUT2D eigenvalue weighted by atomic mass is 9.81. The van der Waals surface area contributed by atoms with Crippen molar-refractivity contribution in [2.24, 2.45) is 11.8 Å². The largest absolute Gasteiger partial charge is 0.313 e. The predicted molar refractivity (Wildman–Crippen MR) is 72.9 cm³/mol. The van der Waals surface area contributed by atoms with E-state index in [1.54, 1.807) is 0 Å². The summed E-state index contributed by atoms with van der Waals surface area (Å²) >= 11 is 0. The molecule has 4 heteroatoms. The van der Waals surface area contributed by atoms with Crippen molar-refractivity contribution in [2.75, 3.05) is 18.6 Å². The van der Waals surface area contributed by atoms with Gasteiger partial charge in [-0.2, -0.15) is 0 Å². The Bertz CT molecular complexity index is 305. The first-order valence-corrected chi connectivity index (χ1v) is 8.88. The van der Waals surface area contributed by atoms with Crippen molar-refractivity contribution in [2.45, 2.75) is 52.0 Å². The fourth-order valence-corrected chi connectivity index (χ4v) is 3.75. The fraction of sp³-hybridized carbons (Fsp3) is 1.00. The Hall–Kier alpha value is -0.0900. The van der Waals surface area contributed by atoms with Crippen molar-refractivity contribution in [3.8, 4) is 0 Å². The van der Waals surface area contributed by atoms with Crippen LogP contribution in [0.5, 0.6) is 0 Å².